The van der Waals surface area contributed by atoms with E-state index >= 15 is 0 Å². The lowest BCUT2D eigenvalue weighted by Gasteiger charge is -2.31. The summed E-state index contributed by atoms with van der Waals surface area (Å²) in [5.41, 5.74) is 0. The van der Waals surface area contributed by atoms with E-state index in [0.29, 0.717) is 5.92 Å². The molecule has 3 unspecified atom stereocenters. The average molecular weight is 226 g/mol. The third-order valence-corrected chi connectivity index (χ3v) is 4.20. The first-order valence-electron chi connectivity index (χ1n) is 7.42. The van der Waals surface area contributed by atoms with Gasteiger partial charge < -0.3 is 5.11 Å². The van der Waals surface area contributed by atoms with Gasteiger partial charge in [-0.1, -0.05) is 58.8 Å². The van der Waals surface area contributed by atoms with E-state index in [2.05, 4.69) is 13.8 Å². The van der Waals surface area contributed by atoms with Crippen molar-refractivity contribution in [1.82, 2.24) is 0 Å². The first-order chi connectivity index (χ1) is 7.74. The Morgan fingerprint density at radius 1 is 1.00 bits per heavy atom. The molecule has 3 atom stereocenters. The van der Waals surface area contributed by atoms with Crippen LogP contribution in [-0.2, 0) is 0 Å². The topological polar surface area (TPSA) is 20.2 Å². The van der Waals surface area contributed by atoms with Crippen LogP contribution >= 0.6 is 0 Å². The highest BCUT2D eigenvalue weighted by atomic mass is 16.3. The molecule has 0 heterocycles. The van der Waals surface area contributed by atoms with Crippen molar-refractivity contribution < 1.29 is 5.11 Å². The number of hydrogen-bond donors (Lipinski definition) is 1. The smallest absolute Gasteiger partial charge is 0.0566 e. The van der Waals surface area contributed by atoms with Crippen LogP contribution in [0.25, 0.3) is 0 Å². The summed E-state index contributed by atoms with van der Waals surface area (Å²) in [6, 6.07) is 0. The molecule has 1 rings (SSSR count). The Morgan fingerprint density at radius 2 is 1.69 bits per heavy atom. The van der Waals surface area contributed by atoms with Crippen molar-refractivity contribution in [2.45, 2.75) is 84.2 Å². The number of aliphatic hydroxyl groups is 1. The molecule has 0 aliphatic heterocycles. The average Bonchev–Trinajstić information content (AvgIpc) is 2.28. The molecular weight excluding hydrogens is 196 g/mol. The molecule has 0 spiro atoms. The molecule has 0 radical (unpaired) electrons. The summed E-state index contributed by atoms with van der Waals surface area (Å²) in [6.07, 6.45) is 13.4. The molecule has 1 saturated carbocycles. The zero-order valence-electron chi connectivity index (χ0n) is 11.3. The number of hydrogen-bond acceptors (Lipinski definition) is 1. The predicted octanol–water partition coefficient (Wildman–Crippen LogP) is 4.53. The molecule has 16 heavy (non-hydrogen) atoms. The molecule has 0 amide bonds. The van der Waals surface area contributed by atoms with Gasteiger partial charge in [0, 0.05) is 0 Å². The van der Waals surface area contributed by atoms with Crippen molar-refractivity contribution in [3.63, 3.8) is 0 Å². The Morgan fingerprint density at radius 3 is 2.38 bits per heavy atom. The molecule has 0 aromatic carbocycles. The minimum atomic E-state index is -0.0131. The van der Waals surface area contributed by atoms with E-state index in [1.54, 1.807) is 0 Å². The van der Waals surface area contributed by atoms with Crippen molar-refractivity contribution >= 4 is 0 Å². The van der Waals surface area contributed by atoms with E-state index < -0.39 is 0 Å². The SMILES string of the molecule is CCCCCCCCC1CCC(O)C(C)C1. The molecule has 1 nitrogen and oxygen atoms in total. The molecule has 0 aromatic rings. The molecule has 0 aromatic heterocycles. The quantitative estimate of drug-likeness (QED) is 0.632. The van der Waals surface area contributed by atoms with Gasteiger partial charge in [-0.2, -0.15) is 0 Å². The number of unbranched alkanes of at least 4 members (excludes halogenated alkanes) is 5. The standard InChI is InChI=1S/C15H30O/c1-3-4-5-6-7-8-9-14-10-11-15(16)13(2)12-14/h13-16H,3-12H2,1-2H3. The normalized spacial score (nSPS) is 30.6. The highest BCUT2D eigenvalue weighted by Crippen LogP contribution is 2.32. The third kappa shape index (κ3) is 5.34. The lowest BCUT2D eigenvalue weighted by molar-refractivity contribution is 0.0548. The fourth-order valence-electron chi connectivity index (χ4n) is 2.97. The highest BCUT2D eigenvalue weighted by Gasteiger charge is 2.25. The van der Waals surface area contributed by atoms with Gasteiger partial charge in [0.2, 0.25) is 0 Å². The second kappa shape index (κ2) is 8.11. The maximum absolute atomic E-state index is 9.66. The van der Waals surface area contributed by atoms with Gasteiger partial charge in [0.15, 0.2) is 0 Å². The van der Waals surface area contributed by atoms with Gasteiger partial charge in [0.1, 0.15) is 0 Å². The largest absolute Gasteiger partial charge is 0.393 e. The Hall–Kier alpha value is -0.0400. The lowest BCUT2D eigenvalue weighted by atomic mass is 9.78. The van der Waals surface area contributed by atoms with Gasteiger partial charge in [-0.05, 0) is 31.1 Å². The molecule has 1 heteroatoms. The summed E-state index contributed by atoms with van der Waals surface area (Å²) >= 11 is 0. The van der Waals surface area contributed by atoms with Crippen molar-refractivity contribution in [3.8, 4) is 0 Å². The molecule has 0 bridgehead atoms. The van der Waals surface area contributed by atoms with Crippen LogP contribution in [0.2, 0.25) is 0 Å². The van der Waals surface area contributed by atoms with E-state index in [1.807, 2.05) is 0 Å². The van der Waals surface area contributed by atoms with Gasteiger partial charge in [-0.15, -0.1) is 0 Å². The van der Waals surface area contributed by atoms with Crippen LogP contribution in [0, 0.1) is 11.8 Å². The molecule has 1 aliphatic rings. The van der Waals surface area contributed by atoms with Crippen LogP contribution in [0.15, 0.2) is 0 Å². The fraction of sp³-hybridized carbons (Fsp3) is 1.00. The van der Waals surface area contributed by atoms with Gasteiger partial charge in [0.25, 0.3) is 0 Å². The Bertz CT molecular complexity index is 167. The van der Waals surface area contributed by atoms with E-state index in [1.165, 1.54) is 57.8 Å². The number of rotatable bonds is 7. The minimum Gasteiger partial charge on any atom is -0.393 e. The molecule has 96 valence electrons. The zero-order chi connectivity index (χ0) is 11.8. The first-order valence-corrected chi connectivity index (χ1v) is 7.42. The Labute approximate surface area is 102 Å². The van der Waals surface area contributed by atoms with Crippen molar-refractivity contribution in [1.29, 1.82) is 0 Å². The maximum Gasteiger partial charge on any atom is 0.0566 e. The first kappa shape index (κ1) is 14.0. The zero-order valence-corrected chi connectivity index (χ0v) is 11.3. The van der Waals surface area contributed by atoms with Crippen molar-refractivity contribution in [3.05, 3.63) is 0 Å². The van der Waals surface area contributed by atoms with Crippen LogP contribution in [0.4, 0.5) is 0 Å². The summed E-state index contributed by atoms with van der Waals surface area (Å²) in [6.45, 7) is 4.48. The minimum absolute atomic E-state index is 0.0131. The van der Waals surface area contributed by atoms with Crippen LogP contribution in [0.1, 0.15) is 78.1 Å². The van der Waals surface area contributed by atoms with Crippen LogP contribution in [0.3, 0.4) is 0 Å². The molecule has 0 saturated heterocycles. The second-order valence-corrected chi connectivity index (χ2v) is 5.78. The van der Waals surface area contributed by atoms with Crippen LogP contribution in [-0.4, -0.2) is 11.2 Å². The number of aliphatic hydroxyl groups excluding tert-OH is 1. The van der Waals surface area contributed by atoms with Crippen LogP contribution < -0.4 is 0 Å². The monoisotopic (exact) mass is 226 g/mol. The summed E-state index contributed by atoms with van der Waals surface area (Å²) in [4.78, 5) is 0. The van der Waals surface area contributed by atoms with E-state index in [4.69, 9.17) is 0 Å². The van der Waals surface area contributed by atoms with E-state index in [-0.39, 0.29) is 6.10 Å². The van der Waals surface area contributed by atoms with Gasteiger partial charge in [0.05, 0.1) is 6.10 Å². The van der Waals surface area contributed by atoms with Gasteiger partial charge >= 0.3 is 0 Å². The van der Waals surface area contributed by atoms with Crippen molar-refractivity contribution in [2.75, 3.05) is 0 Å². The van der Waals surface area contributed by atoms with E-state index in [9.17, 15) is 5.11 Å². The molecule has 1 N–H and O–H groups in total. The van der Waals surface area contributed by atoms with Gasteiger partial charge in [-0.25, -0.2) is 0 Å². The third-order valence-electron chi connectivity index (χ3n) is 4.20. The summed E-state index contributed by atoms with van der Waals surface area (Å²) < 4.78 is 0. The second-order valence-electron chi connectivity index (χ2n) is 5.78. The Balaban J connectivity index is 1.97. The highest BCUT2D eigenvalue weighted by molar-refractivity contribution is 4.76. The van der Waals surface area contributed by atoms with Gasteiger partial charge in [-0.3, -0.25) is 0 Å². The summed E-state index contributed by atoms with van der Waals surface area (Å²) in [5, 5.41) is 9.66. The van der Waals surface area contributed by atoms with Crippen molar-refractivity contribution in [2.24, 2.45) is 11.8 Å². The molecule has 1 aliphatic carbocycles. The fourth-order valence-corrected chi connectivity index (χ4v) is 2.97. The molecular formula is C15H30O. The molecule has 1 fully saturated rings. The maximum atomic E-state index is 9.66. The van der Waals surface area contributed by atoms with E-state index in [0.717, 1.165) is 12.3 Å². The Kier molecular flexibility index (Phi) is 7.11. The predicted molar refractivity (Wildman–Crippen MR) is 70.5 cm³/mol. The lowest BCUT2D eigenvalue weighted by Crippen LogP contribution is -2.26. The van der Waals surface area contributed by atoms with Crippen LogP contribution in [0.5, 0.6) is 0 Å². The summed E-state index contributed by atoms with van der Waals surface area (Å²) in [7, 11) is 0. The summed E-state index contributed by atoms with van der Waals surface area (Å²) in [5.74, 6) is 1.45.